The average Bonchev–Trinajstić information content (AvgIpc) is 3.17. The first kappa shape index (κ1) is 18.8. The predicted molar refractivity (Wildman–Crippen MR) is 115 cm³/mol. The lowest BCUT2D eigenvalue weighted by atomic mass is 10.0. The average molecular weight is 362 g/mol. The number of nitrogens with zero attached hydrogens (tertiary/aromatic N) is 1. The van der Waals surface area contributed by atoms with E-state index in [1.165, 1.54) is 0 Å². The Hall–Kier alpha value is -3.01. The number of H-pyrrole nitrogens is 1. The van der Waals surface area contributed by atoms with Crippen molar-refractivity contribution in [2.45, 2.75) is 27.7 Å². The van der Waals surface area contributed by atoms with E-state index in [0.717, 1.165) is 40.6 Å². The zero-order valence-corrected chi connectivity index (χ0v) is 16.4. The molecule has 2 aromatic carbocycles. The molecular formula is C23H26N2O2. The molecule has 2 aromatic heterocycles. The maximum atomic E-state index is 12.5. The van der Waals surface area contributed by atoms with Crippen LogP contribution in [-0.4, -0.2) is 18.1 Å². The van der Waals surface area contributed by atoms with Gasteiger partial charge in [0.1, 0.15) is 5.58 Å². The van der Waals surface area contributed by atoms with Crippen molar-refractivity contribution in [3.05, 3.63) is 65.1 Å². The van der Waals surface area contributed by atoms with Gasteiger partial charge in [-0.1, -0.05) is 19.9 Å². The van der Waals surface area contributed by atoms with Crippen molar-refractivity contribution < 1.29 is 4.42 Å². The van der Waals surface area contributed by atoms with Gasteiger partial charge in [0.2, 0.25) is 0 Å². The topological polar surface area (TPSA) is 49.2 Å². The minimum atomic E-state index is -0.306. The van der Waals surface area contributed by atoms with Crippen molar-refractivity contribution >= 4 is 27.6 Å². The number of benzene rings is 2. The van der Waals surface area contributed by atoms with E-state index in [-0.39, 0.29) is 5.63 Å². The van der Waals surface area contributed by atoms with Gasteiger partial charge in [0.05, 0.1) is 5.56 Å². The summed E-state index contributed by atoms with van der Waals surface area (Å²) >= 11 is 0. The van der Waals surface area contributed by atoms with Crippen LogP contribution in [0.25, 0.3) is 33.0 Å². The molecule has 0 saturated carbocycles. The van der Waals surface area contributed by atoms with Gasteiger partial charge in [-0.2, -0.15) is 0 Å². The second kappa shape index (κ2) is 8.12. The summed E-state index contributed by atoms with van der Waals surface area (Å²) < 4.78 is 5.63. The summed E-state index contributed by atoms with van der Waals surface area (Å²) in [6.45, 7) is 10.1. The van der Waals surface area contributed by atoms with E-state index in [9.17, 15) is 4.79 Å². The lowest BCUT2D eigenvalue weighted by molar-refractivity contribution is 0.563. The molecule has 0 radical (unpaired) electrons. The van der Waals surface area contributed by atoms with Crippen LogP contribution >= 0.6 is 0 Å². The standard InChI is InChI=1S/C21H20N2O2.C2H6/c1-3-23(4-2)17-7-5-16-12-18(21(24)25-20(16)13-17)14-6-8-19-15(11-14)9-10-22-19;1-2/h5-13,22H,3-4H2,1-2H3;1-2H3. The fourth-order valence-electron chi connectivity index (χ4n) is 3.31. The van der Waals surface area contributed by atoms with Crippen LogP contribution in [0.5, 0.6) is 0 Å². The predicted octanol–water partition coefficient (Wildman–Crippen LogP) is 5.81. The maximum Gasteiger partial charge on any atom is 0.344 e. The Morgan fingerprint density at radius 1 is 0.926 bits per heavy atom. The van der Waals surface area contributed by atoms with Crippen LogP contribution < -0.4 is 10.5 Å². The van der Waals surface area contributed by atoms with Crippen molar-refractivity contribution in [3.8, 4) is 11.1 Å². The molecule has 0 unspecified atom stereocenters. The number of nitrogens with one attached hydrogen (secondary N) is 1. The van der Waals surface area contributed by atoms with Gasteiger partial charge in [0, 0.05) is 41.9 Å². The summed E-state index contributed by atoms with van der Waals surface area (Å²) in [5, 5.41) is 2.01. The molecule has 1 N–H and O–H groups in total. The van der Waals surface area contributed by atoms with Gasteiger partial charge in [0.25, 0.3) is 0 Å². The van der Waals surface area contributed by atoms with E-state index in [1.807, 2.05) is 62.5 Å². The first-order chi connectivity index (χ1) is 13.2. The van der Waals surface area contributed by atoms with Gasteiger partial charge in [-0.3, -0.25) is 0 Å². The van der Waals surface area contributed by atoms with Crippen LogP contribution in [0.4, 0.5) is 5.69 Å². The minimum Gasteiger partial charge on any atom is -0.422 e. The fourth-order valence-corrected chi connectivity index (χ4v) is 3.31. The quantitative estimate of drug-likeness (QED) is 0.466. The van der Waals surface area contributed by atoms with E-state index >= 15 is 0 Å². The Balaban J connectivity index is 0.00000102. The van der Waals surface area contributed by atoms with Crippen LogP contribution in [0.2, 0.25) is 0 Å². The van der Waals surface area contributed by atoms with Crippen molar-refractivity contribution in [2.75, 3.05) is 18.0 Å². The monoisotopic (exact) mass is 362 g/mol. The number of hydrogen-bond acceptors (Lipinski definition) is 3. The van der Waals surface area contributed by atoms with Gasteiger partial charge in [-0.25, -0.2) is 4.79 Å². The second-order valence-electron chi connectivity index (χ2n) is 6.12. The van der Waals surface area contributed by atoms with Crippen LogP contribution in [-0.2, 0) is 0 Å². The molecule has 0 aliphatic heterocycles. The maximum absolute atomic E-state index is 12.5. The highest BCUT2D eigenvalue weighted by Crippen LogP contribution is 2.27. The SMILES string of the molecule is CC.CCN(CC)c1ccc2cc(-c3ccc4[nH]ccc4c3)c(=O)oc2c1. The molecule has 27 heavy (non-hydrogen) atoms. The molecule has 4 aromatic rings. The molecular weight excluding hydrogens is 336 g/mol. The lowest BCUT2D eigenvalue weighted by Crippen LogP contribution is -2.21. The third-order valence-corrected chi connectivity index (χ3v) is 4.71. The van der Waals surface area contributed by atoms with Crippen LogP contribution in [0.15, 0.2) is 63.9 Å². The molecule has 4 nitrogen and oxygen atoms in total. The summed E-state index contributed by atoms with van der Waals surface area (Å²) in [6, 6.07) is 15.9. The number of fused-ring (bicyclic) bond motifs is 2. The fraction of sp³-hybridized carbons (Fsp3) is 0.261. The summed E-state index contributed by atoms with van der Waals surface area (Å²) in [7, 11) is 0. The summed E-state index contributed by atoms with van der Waals surface area (Å²) in [4.78, 5) is 17.9. The molecule has 2 heterocycles. The number of anilines is 1. The number of hydrogen-bond donors (Lipinski definition) is 1. The molecule has 0 amide bonds. The molecule has 4 rings (SSSR count). The smallest absolute Gasteiger partial charge is 0.344 e. The van der Waals surface area contributed by atoms with Gasteiger partial charge >= 0.3 is 5.63 Å². The third-order valence-electron chi connectivity index (χ3n) is 4.71. The van der Waals surface area contributed by atoms with Gasteiger partial charge in [0.15, 0.2) is 0 Å². The van der Waals surface area contributed by atoms with Gasteiger partial charge < -0.3 is 14.3 Å². The Kier molecular flexibility index (Phi) is 5.65. The molecule has 0 aliphatic rings. The third kappa shape index (κ3) is 3.61. The summed E-state index contributed by atoms with van der Waals surface area (Å²) in [6.07, 6.45) is 1.89. The number of aromatic amines is 1. The van der Waals surface area contributed by atoms with Crippen molar-refractivity contribution in [1.82, 2.24) is 4.98 Å². The molecule has 0 spiro atoms. The van der Waals surface area contributed by atoms with Crippen molar-refractivity contribution in [2.24, 2.45) is 0 Å². The molecule has 0 bridgehead atoms. The Labute approximate surface area is 159 Å². The summed E-state index contributed by atoms with van der Waals surface area (Å²) in [5.41, 5.74) is 3.90. The molecule has 4 heteroatoms. The molecule has 0 saturated heterocycles. The van der Waals surface area contributed by atoms with E-state index in [1.54, 1.807) is 0 Å². The van der Waals surface area contributed by atoms with Crippen LogP contribution in [0, 0.1) is 0 Å². The zero-order chi connectivity index (χ0) is 19.4. The van der Waals surface area contributed by atoms with E-state index < -0.39 is 0 Å². The minimum absolute atomic E-state index is 0.306. The van der Waals surface area contributed by atoms with Crippen molar-refractivity contribution in [3.63, 3.8) is 0 Å². The molecule has 0 fully saturated rings. The Morgan fingerprint density at radius 3 is 2.44 bits per heavy atom. The molecule has 0 aliphatic carbocycles. The highest BCUT2D eigenvalue weighted by Gasteiger charge is 2.10. The van der Waals surface area contributed by atoms with Crippen LogP contribution in [0.3, 0.4) is 0 Å². The normalized spacial score (nSPS) is 10.7. The van der Waals surface area contributed by atoms with Gasteiger partial charge in [-0.15, -0.1) is 0 Å². The van der Waals surface area contributed by atoms with Crippen molar-refractivity contribution in [1.29, 1.82) is 0 Å². The van der Waals surface area contributed by atoms with E-state index in [4.69, 9.17) is 4.42 Å². The zero-order valence-electron chi connectivity index (χ0n) is 16.4. The van der Waals surface area contributed by atoms with Gasteiger partial charge in [-0.05, 0) is 61.2 Å². The largest absolute Gasteiger partial charge is 0.422 e. The van der Waals surface area contributed by atoms with E-state index in [2.05, 4.69) is 29.8 Å². The second-order valence-corrected chi connectivity index (χ2v) is 6.12. The highest BCUT2D eigenvalue weighted by molar-refractivity contribution is 5.88. The number of rotatable bonds is 4. The number of aromatic nitrogens is 1. The first-order valence-electron chi connectivity index (χ1n) is 9.60. The Morgan fingerprint density at radius 2 is 1.70 bits per heavy atom. The Bertz CT molecular complexity index is 1100. The summed E-state index contributed by atoms with van der Waals surface area (Å²) in [5.74, 6) is 0. The molecule has 140 valence electrons. The molecule has 0 atom stereocenters. The lowest BCUT2D eigenvalue weighted by Gasteiger charge is -2.21. The highest BCUT2D eigenvalue weighted by atomic mass is 16.4. The van der Waals surface area contributed by atoms with Crippen LogP contribution in [0.1, 0.15) is 27.7 Å². The first-order valence-corrected chi connectivity index (χ1v) is 9.60. The van der Waals surface area contributed by atoms with E-state index in [0.29, 0.717) is 11.1 Å².